The summed E-state index contributed by atoms with van der Waals surface area (Å²) in [5.74, 6) is 0.708. The van der Waals surface area contributed by atoms with E-state index in [1.165, 1.54) is 0 Å². The smallest absolute Gasteiger partial charge is 0.138 e. The van der Waals surface area contributed by atoms with E-state index in [0.717, 1.165) is 8.04 Å². The van der Waals surface area contributed by atoms with Gasteiger partial charge in [-0.25, -0.2) is 0 Å². The first kappa shape index (κ1) is 9.61. The second-order valence-electron chi connectivity index (χ2n) is 1.88. The molecule has 0 amide bonds. The number of benzene rings is 1. The fraction of sp³-hybridized carbons (Fsp3) is 0.143. The maximum absolute atomic E-state index is 5.94. The fourth-order valence-electron chi connectivity index (χ4n) is 0.666. The van der Waals surface area contributed by atoms with Crippen molar-refractivity contribution < 1.29 is 4.74 Å². The first-order valence-electron chi connectivity index (χ1n) is 2.84. The van der Waals surface area contributed by atoms with Crippen molar-refractivity contribution in [3.05, 3.63) is 25.2 Å². The van der Waals surface area contributed by atoms with E-state index in [0.29, 0.717) is 10.8 Å². The summed E-state index contributed by atoms with van der Waals surface area (Å²) in [7, 11) is 1.60. The van der Waals surface area contributed by atoms with Crippen LogP contribution in [0.4, 0.5) is 0 Å². The van der Waals surface area contributed by atoms with Gasteiger partial charge >= 0.3 is 0 Å². The topological polar surface area (TPSA) is 9.23 Å². The lowest BCUT2D eigenvalue weighted by Crippen LogP contribution is -1.86. The third-order valence-corrected chi connectivity index (χ3v) is 4.44. The third kappa shape index (κ3) is 2.00. The lowest BCUT2D eigenvalue weighted by atomic mass is 10.3. The lowest BCUT2D eigenvalue weighted by molar-refractivity contribution is 0.414. The highest BCUT2D eigenvalue weighted by atomic mass is 127. The van der Waals surface area contributed by atoms with Crippen LogP contribution < -0.4 is 4.74 Å². The van der Waals surface area contributed by atoms with Crippen LogP contribution in [0.15, 0.2) is 16.6 Å². The normalized spacial score (nSPS) is 9.82. The average molecular weight is 347 g/mol. The van der Waals surface area contributed by atoms with Crippen LogP contribution in [0.3, 0.4) is 0 Å². The second kappa shape index (κ2) is 3.96. The van der Waals surface area contributed by atoms with Gasteiger partial charge < -0.3 is 4.74 Å². The van der Waals surface area contributed by atoms with Gasteiger partial charge in [0, 0.05) is 8.04 Å². The van der Waals surface area contributed by atoms with Crippen molar-refractivity contribution in [1.82, 2.24) is 0 Å². The summed E-state index contributed by atoms with van der Waals surface area (Å²) in [6.45, 7) is 0. The van der Waals surface area contributed by atoms with Gasteiger partial charge in [-0.3, -0.25) is 0 Å². The predicted octanol–water partition coefficient (Wildman–Crippen LogP) is 3.72. The Bertz CT molecular complexity index is 277. The maximum Gasteiger partial charge on any atom is 0.138 e. The first-order chi connectivity index (χ1) is 5.16. The van der Waals surface area contributed by atoms with Crippen molar-refractivity contribution in [3.63, 3.8) is 0 Å². The molecule has 0 spiro atoms. The van der Waals surface area contributed by atoms with Gasteiger partial charge in [-0.05, 0) is 50.7 Å². The zero-order valence-electron chi connectivity index (χ0n) is 5.70. The van der Waals surface area contributed by atoms with Crippen LogP contribution >= 0.6 is 50.1 Å². The SMILES string of the molecule is COc1ccc(Br)c(I)c1Cl. The Hall–Kier alpha value is 0.520. The Morgan fingerprint density at radius 1 is 1.55 bits per heavy atom. The summed E-state index contributed by atoms with van der Waals surface area (Å²) in [6, 6.07) is 3.74. The molecule has 60 valence electrons. The molecule has 0 bridgehead atoms. The summed E-state index contributed by atoms with van der Waals surface area (Å²) < 4.78 is 6.99. The van der Waals surface area contributed by atoms with Crippen LogP contribution in [-0.4, -0.2) is 7.11 Å². The monoisotopic (exact) mass is 346 g/mol. The van der Waals surface area contributed by atoms with Gasteiger partial charge in [-0.2, -0.15) is 0 Å². The summed E-state index contributed by atoms with van der Waals surface area (Å²) in [5, 5.41) is 0.655. The number of hydrogen-bond acceptors (Lipinski definition) is 1. The zero-order chi connectivity index (χ0) is 8.43. The average Bonchev–Trinajstić information content (AvgIpc) is 2.01. The predicted molar refractivity (Wildman–Crippen MR) is 58.4 cm³/mol. The molecule has 1 rings (SSSR count). The minimum absolute atomic E-state index is 0.655. The molecule has 0 fully saturated rings. The summed E-state index contributed by atoms with van der Waals surface area (Å²) >= 11 is 11.5. The standard InChI is InChI=1S/C7H5BrClIO/c1-11-5-3-2-4(8)7(10)6(5)9/h2-3H,1H3. The van der Waals surface area contributed by atoms with Crippen molar-refractivity contribution in [2.75, 3.05) is 7.11 Å². The Morgan fingerprint density at radius 2 is 2.18 bits per heavy atom. The Morgan fingerprint density at radius 3 is 2.73 bits per heavy atom. The molecule has 1 aromatic rings. The van der Waals surface area contributed by atoms with Crippen molar-refractivity contribution in [3.8, 4) is 5.75 Å². The molecule has 0 N–H and O–H groups in total. The van der Waals surface area contributed by atoms with Gasteiger partial charge in [0.1, 0.15) is 5.75 Å². The molecule has 11 heavy (non-hydrogen) atoms. The lowest BCUT2D eigenvalue weighted by Gasteiger charge is -2.04. The highest BCUT2D eigenvalue weighted by molar-refractivity contribution is 14.1. The maximum atomic E-state index is 5.94. The molecule has 0 aliphatic heterocycles. The fourth-order valence-corrected chi connectivity index (χ4v) is 1.80. The quantitative estimate of drug-likeness (QED) is 0.556. The van der Waals surface area contributed by atoms with Crippen LogP contribution in [0.5, 0.6) is 5.75 Å². The molecule has 0 unspecified atom stereocenters. The van der Waals surface area contributed by atoms with E-state index in [1.807, 2.05) is 12.1 Å². The van der Waals surface area contributed by atoms with E-state index in [-0.39, 0.29) is 0 Å². The number of rotatable bonds is 1. The molecule has 4 heteroatoms. The van der Waals surface area contributed by atoms with Gasteiger partial charge in [-0.1, -0.05) is 11.6 Å². The van der Waals surface area contributed by atoms with Gasteiger partial charge in [0.25, 0.3) is 0 Å². The van der Waals surface area contributed by atoms with E-state index >= 15 is 0 Å². The Kier molecular flexibility index (Phi) is 3.46. The highest BCUT2D eigenvalue weighted by Gasteiger charge is 2.06. The molecule has 0 radical (unpaired) electrons. The molecular formula is C7H5BrClIO. The largest absolute Gasteiger partial charge is 0.495 e. The molecule has 0 aliphatic carbocycles. The minimum atomic E-state index is 0.655. The highest BCUT2D eigenvalue weighted by Crippen LogP contribution is 2.33. The van der Waals surface area contributed by atoms with Gasteiger partial charge in [0.15, 0.2) is 0 Å². The molecular weight excluding hydrogens is 342 g/mol. The van der Waals surface area contributed by atoms with E-state index in [9.17, 15) is 0 Å². The molecule has 0 heterocycles. The molecule has 0 saturated carbocycles. The minimum Gasteiger partial charge on any atom is -0.495 e. The summed E-state index contributed by atoms with van der Waals surface area (Å²) in [6.07, 6.45) is 0. The van der Waals surface area contributed by atoms with Crippen molar-refractivity contribution in [2.45, 2.75) is 0 Å². The summed E-state index contributed by atoms with van der Waals surface area (Å²) in [5.41, 5.74) is 0. The van der Waals surface area contributed by atoms with Crippen molar-refractivity contribution in [1.29, 1.82) is 0 Å². The van der Waals surface area contributed by atoms with Gasteiger partial charge in [-0.15, -0.1) is 0 Å². The molecule has 0 atom stereocenters. The van der Waals surface area contributed by atoms with E-state index in [1.54, 1.807) is 7.11 Å². The van der Waals surface area contributed by atoms with Crippen LogP contribution in [0, 0.1) is 3.57 Å². The number of hydrogen-bond donors (Lipinski definition) is 0. The van der Waals surface area contributed by atoms with Crippen LogP contribution in [0.1, 0.15) is 0 Å². The summed E-state index contributed by atoms with van der Waals surface area (Å²) in [4.78, 5) is 0. The molecule has 0 aliphatic rings. The second-order valence-corrected chi connectivity index (χ2v) is 4.19. The third-order valence-electron chi connectivity index (χ3n) is 1.22. The van der Waals surface area contributed by atoms with Crippen LogP contribution in [0.25, 0.3) is 0 Å². The van der Waals surface area contributed by atoms with E-state index in [2.05, 4.69) is 38.5 Å². The Balaban J connectivity index is 3.25. The molecule has 0 saturated heterocycles. The first-order valence-corrected chi connectivity index (χ1v) is 5.09. The van der Waals surface area contributed by atoms with Crippen molar-refractivity contribution in [2.24, 2.45) is 0 Å². The zero-order valence-corrected chi connectivity index (χ0v) is 10.2. The molecule has 0 aromatic heterocycles. The van der Waals surface area contributed by atoms with Crippen LogP contribution in [0.2, 0.25) is 5.02 Å². The van der Waals surface area contributed by atoms with Gasteiger partial charge in [0.2, 0.25) is 0 Å². The number of halogens is 3. The van der Waals surface area contributed by atoms with Gasteiger partial charge in [0.05, 0.1) is 12.1 Å². The molecule has 1 nitrogen and oxygen atoms in total. The number of ether oxygens (including phenoxy) is 1. The molecule has 1 aromatic carbocycles. The van der Waals surface area contributed by atoms with E-state index in [4.69, 9.17) is 16.3 Å². The van der Waals surface area contributed by atoms with Crippen LogP contribution in [-0.2, 0) is 0 Å². The van der Waals surface area contributed by atoms with E-state index < -0.39 is 0 Å². The Labute approximate surface area is 92.3 Å². The number of methoxy groups -OCH3 is 1. The van der Waals surface area contributed by atoms with Crippen molar-refractivity contribution >= 4 is 50.1 Å².